The van der Waals surface area contributed by atoms with Gasteiger partial charge in [0.2, 0.25) is 0 Å². The van der Waals surface area contributed by atoms with Gasteiger partial charge in [0.15, 0.2) is 5.13 Å². The van der Waals surface area contributed by atoms with Crippen molar-refractivity contribution < 1.29 is 38.4 Å². The SMILES string of the molecule is CCOC(=O)c1sc(N2C(=O)C(=O)C(=C(O)c3ccc(OC)cc3C)[C@@H]2c2ccc(OC)cc2OC)nc1C. The summed E-state index contributed by atoms with van der Waals surface area (Å²) in [5.74, 6) is -1.37. The third-order valence-corrected chi connectivity index (χ3v) is 7.46. The van der Waals surface area contributed by atoms with E-state index >= 15 is 0 Å². The van der Waals surface area contributed by atoms with Gasteiger partial charge in [0.25, 0.3) is 5.78 Å². The van der Waals surface area contributed by atoms with Crippen LogP contribution in [0.3, 0.4) is 0 Å². The Bertz CT molecular complexity index is 1490. The highest BCUT2D eigenvalue weighted by Gasteiger charge is 2.49. The summed E-state index contributed by atoms with van der Waals surface area (Å²) >= 11 is 0.929. The molecule has 0 radical (unpaired) electrons. The van der Waals surface area contributed by atoms with Gasteiger partial charge in [0.05, 0.1) is 39.2 Å². The minimum absolute atomic E-state index is 0.103. The maximum Gasteiger partial charge on any atom is 0.350 e. The minimum atomic E-state index is -1.12. The number of thiazole rings is 1. The molecule has 0 bridgehead atoms. The molecule has 10 nitrogen and oxygen atoms in total. The average Bonchev–Trinajstić information content (AvgIpc) is 3.44. The van der Waals surface area contributed by atoms with Crippen molar-refractivity contribution >= 4 is 39.9 Å². The van der Waals surface area contributed by atoms with Crippen LogP contribution in [-0.4, -0.2) is 55.7 Å². The molecule has 1 fully saturated rings. The van der Waals surface area contributed by atoms with Crippen LogP contribution in [0.15, 0.2) is 42.0 Å². The Labute approximate surface area is 229 Å². The Morgan fingerprint density at radius 1 is 1.03 bits per heavy atom. The molecule has 1 saturated heterocycles. The summed E-state index contributed by atoms with van der Waals surface area (Å²) in [6.45, 7) is 5.23. The normalized spacial score (nSPS) is 16.4. The molecule has 0 aliphatic carbocycles. The zero-order valence-electron chi connectivity index (χ0n) is 22.4. The first-order valence-corrected chi connectivity index (χ1v) is 12.8. The number of esters is 1. The minimum Gasteiger partial charge on any atom is -0.507 e. The molecule has 0 unspecified atom stereocenters. The van der Waals surface area contributed by atoms with Gasteiger partial charge in [-0.25, -0.2) is 9.78 Å². The van der Waals surface area contributed by atoms with E-state index in [1.807, 2.05) is 0 Å². The van der Waals surface area contributed by atoms with E-state index in [9.17, 15) is 19.5 Å². The number of aliphatic hydroxyl groups is 1. The highest BCUT2D eigenvalue weighted by molar-refractivity contribution is 7.17. The van der Waals surface area contributed by atoms with Crippen LogP contribution >= 0.6 is 11.3 Å². The predicted molar refractivity (Wildman–Crippen MR) is 145 cm³/mol. The molecule has 1 aromatic heterocycles. The number of aliphatic hydroxyl groups excluding tert-OH is 1. The van der Waals surface area contributed by atoms with Crippen molar-refractivity contribution in [2.24, 2.45) is 0 Å². The molecule has 2 aromatic carbocycles. The molecule has 1 amide bonds. The molecule has 204 valence electrons. The number of Topliss-reactive ketones (excluding diaryl/α,β-unsaturated/α-hetero) is 1. The monoisotopic (exact) mass is 552 g/mol. The fourth-order valence-corrected chi connectivity index (χ4v) is 5.40. The number of ether oxygens (including phenoxy) is 4. The van der Waals surface area contributed by atoms with Gasteiger partial charge in [-0.05, 0) is 56.7 Å². The summed E-state index contributed by atoms with van der Waals surface area (Å²) in [6, 6.07) is 8.79. The van der Waals surface area contributed by atoms with Crippen molar-refractivity contribution in [2.75, 3.05) is 32.8 Å². The van der Waals surface area contributed by atoms with Crippen LogP contribution in [0.1, 0.15) is 45.0 Å². The summed E-state index contributed by atoms with van der Waals surface area (Å²) in [4.78, 5) is 45.4. The highest BCUT2D eigenvalue weighted by atomic mass is 32.1. The van der Waals surface area contributed by atoms with Crippen LogP contribution in [0.25, 0.3) is 5.76 Å². The summed E-state index contributed by atoms with van der Waals surface area (Å²) in [7, 11) is 4.48. The number of hydrogen-bond acceptors (Lipinski definition) is 10. The van der Waals surface area contributed by atoms with E-state index in [1.165, 1.54) is 26.2 Å². The molecule has 0 saturated carbocycles. The topological polar surface area (TPSA) is 124 Å². The molecule has 4 rings (SSSR count). The first-order valence-electron chi connectivity index (χ1n) is 12.0. The van der Waals surface area contributed by atoms with E-state index in [-0.39, 0.29) is 27.9 Å². The van der Waals surface area contributed by atoms with Gasteiger partial charge in [-0.2, -0.15) is 0 Å². The Balaban J connectivity index is 1.98. The van der Waals surface area contributed by atoms with Gasteiger partial charge in [-0.15, -0.1) is 0 Å². The van der Waals surface area contributed by atoms with Gasteiger partial charge in [-0.3, -0.25) is 14.5 Å². The number of methoxy groups -OCH3 is 3. The Hall–Kier alpha value is -4.38. The number of amides is 1. The average molecular weight is 553 g/mol. The molecule has 1 aliphatic rings. The predicted octanol–water partition coefficient (Wildman–Crippen LogP) is 4.59. The molecule has 1 aliphatic heterocycles. The first kappa shape index (κ1) is 27.6. The van der Waals surface area contributed by atoms with Crippen molar-refractivity contribution in [3.63, 3.8) is 0 Å². The van der Waals surface area contributed by atoms with Gasteiger partial charge in [0, 0.05) is 17.2 Å². The number of aromatic nitrogens is 1. The van der Waals surface area contributed by atoms with E-state index < -0.39 is 23.7 Å². The lowest BCUT2D eigenvalue weighted by Gasteiger charge is -2.25. The third kappa shape index (κ3) is 4.92. The number of nitrogens with zero attached hydrogens (tertiary/aromatic N) is 2. The van der Waals surface area contributed by atoms with Crippen molar-refractivity contribution in [3.8, 4) is 17.2 Å². The van der Waals surface area contributed by atoms with Crippen molar-refractivity contribution in [1.82, 2.24) is 4.98 Å². The molecule has 3 aromatic rings. The Kier molecular flexibility index (Phi) is 7.91. The number of aryl methyl sites for hydroxylation is 2. The lowest BCUT2D eigenvalue weighted by Crippen LogP contribution is -2.29. The van der Waals surface area contributed by atoms with Gasteiger partial charge in [0.1, 0.15) is 33.9 Å². The number of hydrogen-bond donors (Lipinski definition) is 1. The fourth-order valence-electron chi connectivity index (χ4n) is 4.41. The van der Waals surface area contributed by atoms with Crippen LogP contribution in [0.5, 0.6) is 17.2 Å². The van der Waals surface area contributed by atoms with Crippen LogP contribution < -0.4 is 19.1 Å². The number of carbonyl (C=O) groups is 3. The maximum atomic E-state index is 13.6. The smallest absolute Gasteiger partial charge is 0.350 e. The zero-order chi connectivity index (χ0) is 28.4. The molecule has 1 N–H and O–H groups in total. The number of rotatable bonds is 8. The van der Waals surface area contributed by atoms with Gasteiger partial charge >= 0.3 is 11.9 Å². The quantitative estimate of drug-likeness (QED) is 0.185. The number of carbonyl (C=O) groups excluding carboxylic acids is 3. The molecule has 11 heteroatoms. The van der Waals surface area contributed by atoms with Gasteiger partial charge in [-0.1, -0.05) is 11.3 Å². The van der Waals surface area contributed by atoms with Crippen molar-refractivity contribution in [3.05, 3.63) is 69.2 Å². The first-order chi connectivity index (χ1) is 18.7. The second-order valence-electron chi connectivity index (χ2n) is 8.59. The summed E-state index contributed by atoms with van der Waals surface area (Å²) < 4.78 is 21.3. The lowest BCUT2D eigenvalue weighted by molar-refractivity contribution is -0.132. The van der Waals surface area contributed by atoms with Crippen LogP contribution in [-0.2, 0) is 14.3 Å². The Morgan fingerprint density at radius 3 is 2.31 bits per heavy atom. The summed E-state index contributed by atoms with van der Waals surface area (Å²) in [6.07, 6.45) is 0. The second-order valence-corrected chi connectivity index (χ2v) is 9.57. The largest absolute Gasteiger partial charge is 0.507 e. The molecule has 39 heavy (non-hydrogen) atoms. The van der Waals surface area contributed by atoms with E-state index in [1.54, 1.807) is 57.2 Å². The molecule has 1 atom stereocenters. The van der Waals surface area contributed by atoms with Crippen LogP contribution in [0.2, 0.25) is 0 Å². The van der Waals surface area contributed by atoms with E-state index in [0.717, 1.165) is 11.3 Å². The van der Waals surface area contributed by atoms with Crippen molar-refractivity contribution in [2.45, 2.75) is 26.8 Å². The number of anilines is 1. The number of benzene rings is 2. The molecule has 0 spiro atoms. The van der Waals surface area contributed by atoms with Crippen molar-refractivity contribution in [1.29, 1.82) is 0 Å². The van der Waals surface area contributed by atoms with E-state index in [4.69, 9.17) is 18.9 Å². The fraction of sp³-hybridized carbons (Fsp3) is 0.286. The van der Waals surface area contributed by atoms with Crippen LogP contribution in [0.4, 0.5) is 5.13 Å². The molecule has 2 heterocycles. The summed E-state index contributed by atoms with van der Waals surface area (Å²) in [5.41, 5.74) is 1.60. The number of ketones is 1. The van der Waals surface area contributed by atoms with E-state index in [0.29, 0.717) is 39.6 Å². The maximum absolute atomic E-state index is 13.6. The zero-order valence-corrected chi connectivity index (χ0v) is 23.2. The highest BCUT2D eigenvalue weighted by Crippen LogP contribution is 2.47. The second kappa shape index (κ2) is 11.2. The molecular formula is C28H28N2O8S. The molecular weight excluding hydrogens is 524 g/mol. The van der Waals surface area contributed by atoms with Crippen LogP contribution in [0, 0.1) is 13.8 Å². The summed E-state index contributed by atoms with van der Waals surface area (Å²) in [5, 5.41) is 11.6. The Morgan fingerprint density at radius 2 is 1.69 bits per heavy atom. The lowest BCUT2D eigenvalue weighted by atomic mass is 9.93. The van der Waals surface area contributed by atoms with Gasteiger partial charge < -0.3 is 24.1 Å². The standard InChI is InChI=1S/C28H28N2O8S/c1-7-38-27(34)25-15(3)29-28(39-25)30-22(19-11-9-17(36-5)13-20(19)37-6)21(24(32)26(30)33)23(31)18-10-8-16(35-4)12-14(18)2/h8-13,22,31H,7H2,1-6H3/t22-/m0/s1. The third-order valence-electron chi connectivity index (χ3n) is 6.32. The van der Waals surface area contributed by atoms with E-state index in [2.05, 4.69) is 4.98 Å².